The van der Waals surface area contributed by atoms with Gasteiger partial charge in [0.15, 0.2) is 17.5 Å². The molecule has 1 aromatic rings. The Morgan fingerprint density at radius 1 is 1.33 bits per heavy atom. The van der Waals surface area contributed by atoms with Gasteiger partial charge in [-0.1, -0.05) is 0 Å². The number of nitrogens with zero attached hydrogens (tertiary/aromatic N) is 1. The monoisotopic (exact) mass is 301 g/mol. The van der Waals surface area contributed by atoms with Crippen molar-refractivity contribution in [2.24, 2.45) is 0 Å². The van der Waals surface area contributed by atoms with Gasteiger partial charge in [-0.2, -0.15) is 0 Å². The van der Waals surface area contributed by atoms with Gasteiger partial charge in [-0.3, -0.25) is 9.69 Å². The van der Waals surface area contributed by atoms with E-state index in [4.69, 9.17) is 0 Å². The molecular weight excluding hydrogens is 283 g/mol. The lowest BCUT2D eigenvalue weighted by atomic mass is 10.2. The second-order valence-electron chi connectivity index (χ2n) is 5.10. The van der Waals surface area contributed by atoms with Gasteiger partial charge in [0.25, 0.3) is 0 Å². The Kier molecular flexibility index (Phi) is 5.19. The number of rotatable bonds is 5. The van der Waals surface area contributed by atoms with E-state index in [2.05, 4.69) is 10.6 Å². The van der Waals surface area contributed by atoms with Crippen molar-refractivity contribution < 1.29 is 18.0 Å². The SMILES string of the molecule is CNCC1CCCN1CC(=O)Nc1ccc(F)c(F)c1F. The van der Waals surface area contributed by atoms with Gasteiger partial charge >= 0.3 is 0 Å². The Bertz CT molecular complexity index is 524. The number of benzene rings is 1. The minimum atomic E-state index is -1.58. The number of carbonyl (C=O) groups excluding carboxylic acids is 1. The fraction of sp³-hybridized carbons (Fsp3) is 0.500. The topological polar surface area (TPSA) is 44.4 Å². The van der Waals surface area contributed by atoms with Crippen LogP contribution in [0.5, 0.6) is 0 Å². The molecule has 116 valence electrons. The highest BCUT2D eigenvalue weighted by Gasteiger charge is 2.26. The van der Waals surface area contributed by atoms with Crippen LogP contribution in [-0.2, 0) is 4.79 Å². The average Bonchev–Trinajstić information content (AvgIpc) is 2.87. The molecule has 0 saturated carbocycles. The van der Waals surface area contributed by atoms with Crippen molar-refractivity contribution in [2.75, 3.05) is 32.0 Å². The molecule has 1 atom stereocenters. The van der Waals surface area contributed by atoms with Crippen LogP contribution in [0.25, 0.3) is 0 Å². The summed E-state index contributed by atoms with van der Waals surface area (Å²) in [4.78, 5) is 13.9. The summed E-state index contributed by atoms with van der Waals surface area (Å²) in [6, 6.07) is 2.06. The first-order valence-corrected chi connectivity index (χ1v) is 6.85. The van der Waals surface area contributed by atoms with Crippen LogP contribution < -0.4 is 10.6 Å². The van der Waals surface area contributed by atoms with E-state index in [1.54, 1.807) is 0 Å². The minimum Gasteiger partial charge on any atom is -0.322 e. The van der Waals surface area contributed by atoms with E-state index in [1.807, 2.05) is 11.9 Å². The second kappa shape index (κ2) is 6.91. The summed E-state index contributed by atoms with van der Waals surface area (Å²) in [5.74, 6) is -4.68. The van der Waals surface area contributed by atoms with Crippen molar-refractivity contribution in [1.82, 2.24) is 10.2 Å². The molecule has 1 unspecified atom stereocenters. The van der Waals surface area contributed by atoms with E-state index in [0.717, 1.165) is 38.1 Å². The number of amides is 1. The van der Waals surface area contributed by atoms with E-state index in [-0.39, 0.29) is 18.3 Å². The molecule has 1 fully saturated rings. The number of nitrogens with one attached hydrogen (secondary N) is 2. The van der Waals surface area contributed by atoms with Crippen LogP contribution in [0.3, 0.4) is 0 Å². The molecule has 7 heteroatoms. The number of hydrogen-bond acceptors (Lipinski definition) is 3. The molecule has 21 heavy (non-hydrogen) atoms. The minimum absolute atomic E-state index is 0.102. The van der Waals surface area contributed by atoms with E-state index in [1.165, 1.54) is 0 Å². The zero-order chi connectivity index (χ0) is 15.4. The first kappa shape index (κ1) is 15.8. The first-order valence-electron chi connectivity index (χ1n) is 6.85. The number of anilines is 1. The van der Waals surface area contributed by atoms with Gasteiger partial charge in [-0.05, 0) is 38.6 Å². The normalized spacial score (nSPS) is 19.0. The zero-order valence-electron chi connectivity index (χ0n) is 11.8. The van der Waals surface area contributed by atoms with Gasteiger partial charge in [-0.25, -0.2) is 13.2 Å². The maximum atomic E-state index is 13.5. The number of halogens is 3. The largest absolute Gasteiger partial charge is 0.322 e. The summed E-state index contributed by atoms with van der Waals surface area (Å²) >= 11 is 0. The smallest absolute Gasteiger partial charge is 0.238 e. The molecule has 0 spiro atoms. The molecule has 4 nitrogen and oxygen atoms in total. The van der Waals surface area contributed by atoms with E-state index in [0.29, 0.717) is 0 Å². The Balaban J connectivity index is 1.97. The van der Waals surface area contributed by atoms with Gasteiger partial charge in [0.2, 0.25) is 5.91 Å². The second-order valence-corrected chi connectivity index (χ2v) is 5.10. The fourth-order valence-electron chi connectivity index (χ4n) is 2.57. The summed E-state index contributed by atoms with van der Waals surface area (Å²) < 4.78 is 39.4. The van der Waals surface area contributed by atoms with E-state index < -0.39 is 23.4 Å². The molecule has 2 N–H and O–H groups in total. The molecule has 0 radical (unpaired) electrons. The highest BCUT2D eigenvalue weighted by atomic mass is 19.2. The van der Waals surface area contributed by atoms with Crippen LogP contribution in [0.1, 0.15) is 12.8 Å². The molecule has 1 aliphatic rings. The van der Waals surface area contributed by atoms with Crippen molar-refractivity contribution in [3.05, 3.63) is 29.6 Å². The Morgan fingerprint density at radius 3 is 2.81 bits per heavy atom. The summed E-state index contributed by atoms with van der Waals surface area (Å²) in [5, 5.41) is 5.35. The van der Waals surface area contributed by atoms with Crippen LogP contribution in [0, 0.1) is 17.5 Å². The molecule has 1 saturated heterocycles. The van der Waals surface area contributed by atoms with Gasteiger partial charge in [0, 0.05) is 12.6 Å². The third-order valence-electron chi connectivity index (χ3n) is 3.59. The molecule has 2 rings (SSSR count). The van der Waals surface area contributed by atoms with Gasteiger partial charge in [0.1, 0.15) is 0 Å². The Morgan fingerprint density at radius 2 is 2.10 bits per heavy atom. The third kappa shape index (κ3) is 3.74. The lowest BCUT2D eigenvalue weighted by molar-refractivity contribution is -0.117. The summed E-state index contributed by atoms with van der Waals surface area (Å²) in [5.41, 5.74) is -0.344. The maximum absolute atomic E-state index is 13.5. The van der Waals surface area contributed by atoms with Crippen molar-refractivity contribution in [1.29, 1.82) is 0 Å². The Hall–Kier alpha value is -1.60. The van der Waals surface area contributed by atoms with Gasteiger partial charge in [0.05, 0.1) is 12.2 Å². The molecule has 0 aromatic heterocycles. The first-order chi connectivity index (χ1) is 10.0. The van der Waals surface area contributed by atoms with E-state index in [9.17, 15) is 18.0 Å². The number of likely N-dealkylation sites (N-methyl/N-ethyl adjacent to an activating group) is 1. The van der Waals surface area contributed by atoms with Crippen molar-refractivity contribution in [3.8, 4) is 0 Å². The lowest BCUT2D eigenvalue weighted by Crippen LogP contribution is -2.41. The maximum Gasteiger partial charge on any atom is 0.238 e. The van der Waals surface area contributed by atoms with Crippen LogP contribution in [0.15, 0.2) is 12.1 Å². The van der Waals surface area contributed by atoms with Crippen LogP contribution in [0.2, 0.25) is 0 Å². The number of likely N-dealkylation sites (tertiary alicyclic amines) is 1. The summed E-state index contributed by atoms with van der Waals surface area (Å²) in [7, 11) is 1.84. The Labute approximate surface area is 121 Å². The van der Waals surface area contributed by atoms with Gasteiger partial charge in [-0.15, -0.1) is 0 Å². The standard InChI is InChI=1S/C14H18F3N3O/c1-18-7-9-3-2-6-20(9)8-12(21)19-11-5-4-10(15)13(16)14(11)17/h4-5,9,18H,2-3,6-8H2,1H3,(H,19,21). The zero-order valence-corrected chi connectivity index (χ0v) is 11.8. The highest BCUT2D eigenvalue weighted by Crippen LogP contribution is 2.20. The quantitative estimate of drug-likeness (QED) is 0.814. The molecule has 0 aliphatic carbocycles. The molecule has 1 aromatic carbocycles. The van der Waals surface area contributed by atoms with Crippen molar-refractivity contribution in [3.63, 3.8) is 0 Å². The molecule has 1 aliphatic heterocycles. The fourth-order valence-corrected chi connectivity index (χ4v) is 2.57. The van der Waals surface area contributed by atoms with Crippen molar-refractivity contribution in [2.45, 2.75) is 18.9 Å². The summed E-state index contributed by atoms with van der Waals surface area (Å²) in [6.45, 7) is 1.66. The third-order valence-corrected chi connectivity index (χ3v) is 3.59. The number of carbonyl (C=O) groups is 1. The van der Waals surface area contributed by atoms with E-state index >= 15 is 0 Å². The van der Waals surface area contributed by atoms with Crippen LogP contribution >= 0.6 is 0 Å². The predicted octanol–water partition coefficient (Wildman–Crippen LogP) is 1.73. The lowest BCUT2D eigenvalue weighted by Gasteiger charge is -2.23. The van der Waals surface area contributed by atoms with Crippen molar-refractivity contribution >= 4 is 11.6 Å². The average molecular weight is 301 g/mol. The highest BCUT2D eigenvalue weighted by molar-refractivity contribution is 5.92. The van der Waals surface area contributed by atoms with Gasteiger partial charge < -0.3 is 10.6 Å². The van der Waals surface area contributed by atoms with Crippen LogP contribution in [-0.4, -0.2) is 43.5 Å². The van der Waals surface area contributed by atoms with Crippen LogP contribution in [0.4, 0.5) is 18.9 Å². The molecular formula is C14H18F3N3O. The molecule has 1 amide bonds. The molecule has 1 heterocycles. The molecule has 0 bridgehead atoms. The summed E-state index contributed by atoms with van der Waals surface area (Å²) in [6.07, 6.45) is 1.99. The predicted molar refractivity (Wildman–Crippen MR) is 73.5 cm³/mol. The number of hydrogen-bond donors (Lipinski definition) is 2.